The highest BCUT2D eigenvalue weighted by Crippen LogP contribution is 2.26. The summed E-state index contributed by atoms with van der Waals surface area (Å²) in [7, 11) is 0. The van der Waals surface area contributed by atoms with Crippen molar-refractivity contribution in [1.82, 2.24) is 14.9 Å². The van der Waals surface area contributed by atoms with Crippen LogP contribution in [-0.4, -0.2) is 45.4 Å². The van der Waals surface area contributed by atoms with Crippen LogP contribution in [0.2, 0.25) is 5.28 Å². The molecule has 7 nitrogen and oxygen atoms in total. The van der Waals surface area contributed by atoms with E-state index < -0.39 is 5.60 Å². The number of hydrogen-bond acceptors (Lipinski definition) is 6. The van der Waals surface area contributed by atoms with E-state index in [0.717, 1.165) is 36.9 Å². The molecule has 162 valence electrons. The quantitative estimate of drug-likeness (QED) is 0.553. The summed E-state index contributed by atoms with van der Waals surface area (Å²) in [4.78, 5) is 34.8. The van der Waals surface area contributed by atoms with Crippen LogP contribution in [0.5, 0.6) is 0 Å². The maximum atomic E-state index is 12.7. The Morgan fingerprint density at radius 1 is 1.28 bits per heavy atom. The number of halogens is 1. The van der Waals surface area contributed by atoms with E-state index >= 15 is 0 Å². The highest BCUT2D eigenvalue weighted by Gasteiger charge is 2.28. The average molecular weight is 425 g/mol. The zero-order valence-electron chi connectivity index (χ0n) is 18.1. The van der Waals surface area contributed by atoms with Gasteiger partial charge >= 0.3 is 5.97 Å². The molecule has 1 aliphatic rings. The normalized spacial score (nSPS) is 16.6. The third kappa shape index (κ3) is 7.14. The number of rotatable bonds is 6. The molecule has 0 unspecified atom stereocenters. The molecule has 1 aromatic rings. The summed E-state index contributed by atoms with van der Waals surface area (Å²) in [6.07, 6.45) is 3.79. The topological polar surface area (TPSA) is 98.4 Å². The van der Waals surface area contributed by atoms with Crippen molar-refractivity contribution in [2.45, 2.75) is 72.3 Å². The molecule has 0 radical (unpaired) electrons. The lowest BCUT2D eigenvalue weighted by atomic mass is 9.89. The number of aromatic nitrogens is 2. The highest BCUT2D eigenvalue weighted by atomic mass is 35.5. The zero-order valence-corrected chi connectivity index (χ0v) is 18.9. The number of nitrogens with zero attached hydrogens (tertiary/aromatic N) is 3. The van der Waals surface area contributed by atoms with E-state index in [2.05, 4.69) is 9.97 Å². The summed E-state index contributed by atoms with van der Waals surface area (Å²) in [6.45, 7) is 10.6. The Hall–Kier alpha value is -1.89. The molecule has 0 aromatic carbocycles. The number of hydrogen-bond donors (Lipinski definition) is 1. The first-order valence-electron chi connectivity index (χ1n) is 10.3. The Labute approximate surface area is 178 Å². The van der Waals surface area contributed by atoms with Crippen LogP contribution in [0.1, 0.15) is 64.6 Å². The summed E-state index contributed by atoms with van der Waals surface area (Å²) < 4.78 is 5.33. The molecular weight excluding hydrogens is 392 g/mol. The van der Waals surface area contributed by atoms with Crippen molar-refractivity contribution in [2.75, 3.05) is 18.8 Å². The van der Waals surface area contributed by atoms with Crippen LogP contribution in [-0.2, 0) is 20.7 Å². The van der Waals surface area contributed by atoms with Gasteiger partial charge in [0, 0.05) is 30.3 Å². The van der Waals surface area contributed by atoms with Crippen LogP contribution < -0.4 is 5.73 Å². The molecule has 0 bridgehead atoms. The fourth-order valence-corrected chi connectivity index (χ4v) is 3.93. The largest absolute Gasteiger partial charge is 0.460 e. The van der Waals surface area contributed by atoms with Crippen molar-refractivity contribution >= 4 is 29.3 Å². The maximum Gasteiger partial charge on any atom is 0.307 e. The number of carbonyl (C=O) groups excluding carboxylic acids is 2. The van der Waals surface area contributed by atoms with E-state index in [1.807, 2.05) is 32.6 Å². The number of anilines is 1. The molecule has 29 heavy (non-hydrogen) atoms. The van der Waals surface area contributed by atoms with Crippen molar-refractivity contribution in [3.63, 3.8) is 0 Å². The van der Waals surface area contributed by atoms with E-state index in [9.17, 15) is 9.59 Å². The Balaban J connectivity index is 1.80. The van der Waals surface area contributed by atoms with Gasteiger partial charge in [-0.25, -0.2) is 9.97 Å². The number of esters is 1. The summed E-state index contributed by atoms with van der Waals surface area (Å²) in [5, 5.41) is 0.177. The van der Waals surface area contributed by atoms with E-state index in [1.54, 1.807) is 6.92 Å². The van der Waals surface area contributed by atoms with Crippen LogP contribution in [0.25, 0.3) is 0 Å². The molecule has 2 rings (SSSR count). The fraction of sp³-hybridized carbons (Fsp3) is 0.714. The number of ether oxygens (including phenoxy) is 1. The predicted octanol–water partition coefficient (Wildman–Crippen LogP) is 3.56. The van der Waals surface area contributed by atoms with Gasteiger partial charge in [-0.3, -0.25) is 9.59 Å². The van der Waals surface area contributed by atoms with E-state index in [1.165, 1.54) is 0 Å². The lowest BCUT2D eigenvalue weighted by molar-refractivity contribution is -0.158. The molecule has 1 saturated heterocycles. The van der Waals surface area contributed by atoms with Gasteiger partial charge in [0.1, 0.15) is 11.4 Å². The van der Waals surface area contributed by atoms with Crippen molar-refractivity contribution in [2.24, 2.45) is 11.8 Å². The number of nitrogens with two attached hydrogens (primary N) is 1. The molecule has 0 spiro atoms. The standard InChI is InChI=1S/C21H33ClN4O3/c1-13(12-17(27)29-21(3,4)5)19(28)26-10-8-15(9-11-26)6-7-16-14(2)24-20(22)25-18(16)23/h13,15H,6-12H2,1-5H3,(H2,23,24,25)/t13-/m1/s1. The average Bonchev–Trinajstić information content (AvgIpc) is 2.59. The lowest BCUT2D eigenvalue weighted by Gasteiger charge is -2.33. The molecule has 1 aliphatic heterocycles. The highest BCUT2D eigenvalue weighted by molar-refractivity contribution is 6.28. The molecule has 1 amide bonds. The summed E-state index contributed by atoms with van der Waals surface area (Å²) in [6, 6.07) is 0. The van der Waals surface area contributed by atoms with Gasteiger partial charge in [-0.1, -0.05) is 6.92 Å². The van der Waals surface area contributed by atoms with Gasteiger partial charge in [0.25, 0.3) is 0 Å². The Morgan fingerprint density at radius 2 is 1.90 bits per heavy atom. The van der Waals surface area contributed by atoms with Crippen molar-refractivity contribution in [3.05, 3.63) is 16.5 Å². The smallest absolute Gasteiger partial charge is 0.307 e. The minimum absolute atomic E-state index is 0.0282. The van der Waals surface area contributed by atoms with Crippen LogP contribution in [0.4, 0.5) is 5.82 Å². The first kappa shape index (κ1) is 23.4. The molecular formula is C21H33ClN4O3. The van der Waals surface area contributed by atoms with Crippen LogP contribution in [0, 0.1) is 18.8 Å². The van der Waals surface area contributed by atoms with Gasteiger partial charge in [0.2, 0.25) is 11.2 Å². The Kier molecular flexibility index (Phi) is 7.86. The summed E-state index contributed by atoms with van der Waals surface area (Å²) in [5.74, 6) is 0.308. The van der Waals surface area contributed by atoms with Gasteiger partial charge in [-0.2, -0.15) is 0 Å². The second kappa shape index (κ2) is 9.74. The lowest BCUT2D eigenvalue weighted by Crippen LogP contribution is -2.42. The second-order valence-corrected chi connectivity index (χ2v) is 9.28. The minimum atomic E-state index is -0.533. The zero-order chi connectivity index (χ0) is 21.8. The molecule has 8 heteroatoms. The Bertz CT molecular complexity index is 717. The van der Waals surface area contributed by atoms with Gasteiger partial charge < -0.3 is 15.4 Å². The van der Waals surface area contributed by atoms with Gasteiger partial charge in [0.15, 0.2) is 0 Å². The van der Waals surface area contributed by atoms with Crippen molar-refractivity contribution in [1.29, 1.82) is 0 Å². The van der Waals surface area contributed by atoms with E-state index in [-0.39, 0.29) is 29.5 Å². The van der Waals surface area contributed by atoms with Crippen LogP contribution in [0.3, 0.4) is 0 Å². The number of aryl methyl sites for hydroxylation is 1. The monoisotopic (exact) mass is 424 g/mol. The van der Waals surface area contributed by atoms with E-state index in [4.69, 9.17) is 22.1 Å². The SMILES string of the molecule is Cc1nc(Cl)nc(N)c1CCC1CCN(C(=O)[C@H](C)CC(=O)OC(C)(C)C)CC1. The first-order chi connectivity index (χ1) is 13.5. The minimum Gasteiger partial charge on any atom is -0.460 e. The molecule has 0 saturated carbocycles. The number of carbonyl (C=O) groups is 2. The van der Waals surface area contributed by atoms with Crippen molar-refractivity contribution in [3.8, 4) is 0 Å². The van der Waals surface area contributed by atoms with E-state index in [0.29, 0.717) is 24.8 Å². The number of amides is 1. The molecule has 1 aromatic heterocycles. The first-order valence-corrected chi connectivity index (χ1v) is 10.6. The maximum absolute atomic E-state index is 12.7. The fourth-order valence-electron chi connectivity index (χ4n) is 3.71. The molecule has 0 aliphatic carbocycles. The van der Waals surface area contributed by atoms with Crippen LogP contribution >= 0.6 is 11.6 Å². The summed E-state index contributed by atoms with van der Waals surface area (Å²) >= 11 is 5.84. The van der Waals surface area contributed by atoms with Gasteiger partial charge in [-0.05, 0) is 70.9 Å². The van der Waals surface area contributed by atoms with Gasteiger partial charge in [-0.15, -0.1) is 0 Å². The predicted molar refractivity (Wildman–Crippen MR) is 113 cm³/mol. The van der Waals surface area contributed by atoms with Crippen LogP contribution in [0.15, 0.2) is 0 Å². The molecule has 2 heterocycles. The molecule has 1 fully saturated rings. The third-order valence-corrected chi connectivity index (χ3v) is 5.43. The number of nitrogen functional groups attached to an aromatic ring is 1. The molecule has 2 N–H and O–H groups in total. The number of likely N-dealkylation sites (tertiary alicyclic amines) is 1. The Morgan fingerprint density at radius 3 is 2.45 bits per heavy atom. The van der Waals surface area contributed by atoms with Gasteiger partial charge in [0.05, 0.1) is 6.42 Å². The molecule has 1 atom stereocenters. The summed E-state index contributed by atoms with van der Waals surface area (Å²) in [5.41, 5.74) is 7.23. The third-order valence-electron chi connectivity index (χ3n) is 5.26. The van der Waals surface area contributed by atoms with Crippen molar-refractivity contribution < 1.29 is 14.3 Å². The number of piperidine rings is 1. The second-order valence-electron chi connectivity index (χ2n) is 8.94.